The molecule has 1 aromatic heterocycles. The molecule has 3 aromatic rings. The lowest BCUT2D eigenvalue weighted by Crippen LogP contribution is -2.35. The maximum atomic E-state index is 13.1. The first-order valence-electron chi connectivity index (χ1n) is 11.8. The first-order valence-corrected chi connectivity index (χ1v) is 11.8. The predicted molar refractivity (Wildman–Crippen MR) is 131 cm³/mol. The second-order valence-electron chi connectivity index (χ2n) is 8.71. The van der Waals surface area contributed by atoms with Crippen LogP contribution in [0.3, 0.4) is 0 Å². The lowest BCUT2D eigenvalue weighted by Gasteiger charge is -2.22. The SMILES string of the molecule is COc1cc2ncn(CCCC(=O)N3CCCN(Cc4ccc(F)cc4)CC3)c(=O)c2cc1OC. The van der Waals surface area contributed by atoms with Crippen LogP contribution < -0.4 is 15.0 Å². The van der Waals surface area contributed by atoms with E-state index in [0.29, 0.717) is 48.3 Å². The average Bonchev–Trinajstić information content (AvgIpc) is 3.11. The van der Waals surface area contributed by atoms with Crippen LogP contribution in [0.15, 0.2) is 47.5 Å². The van der Waals surface area contributed by atoms with E-state index in [9.17, 15) is 14.0 Å². The molecule has 0 saturated carbocycles. The van der Waals surface area contributed by atoms with Crippen molar-refractivity contribution >= 4 is 16.8 Å². The number of carbonyl (C=O) groups is 1. The van der Waals surface area contributed by atoms with Crippen molar-refractivity contribution in [1.82, 2.24) is 19.4 Å². The van der Waals surface area contributed by atoms with Crippen LogP contribution in [0.25, 0.3) is 10.9 Å². The Morgan fingerprint density at radius 1 is 1.03 bits per heavy atom. The van der Waals surface area contributed by atoms with Gasteiger partial charge in [0.25, 0.3) is 5.56 Å². The zero-order chi connectivity index (χ0) is 24.8. The fourth-order valence-electron chi connectivity index (χ4n) is 4.43. The molecule has 1 saturated heterocycles. The number of aryl methyl sites for hydroxylation is 1. The van der Waals surface area contributed by atoms with Gasteiger partial charge in [0.2, 0.25) is 5.91 Å². The second-order valence-corrected chi connectivity index (χ2v) is 8.71. The molecular weight excluding hydrogens is 451 g/mol. The first-order chi connectivity index (χ1) is 17.0. The first kappa shape index (κ1) is 24.7. The molecule has 8 nitrogen and oxygen atoms in total. The highest BCUT2D eigenvalue weighted by atomic mass is 19.1. The summed E-state index contributed by atoms with van der Waals surface area (Å²) in [7, 11) is 3.06. The molecule has 0 bridgehead atoms. The maximum absolute atomic E-state index is 13.1. The molecule has 0 spiro atoms. The van der Waals surface area contributed by atoms with Gasteiger partial charge in [0.1, 0.15) is 5.82 Å². The number of nitrogens with zero attached hydrogens (tertiary/aromatic N) is 4. The van der Waals surface area contributed by atoms with Gasteiger partial charge < -0.3 is 14.4 Å². The van der Waals surface area contributed by atoms with Crippen LogP contribution in [0.2, 0.25) is 0 Å². The molecule has 2 heterocycles. The molecule has 1 aliphatic heterocycles. The number of rotatable bonds is 8. The van der Waals surface area contributed by atoms with E-state index in [0.717, 1.165) is 38.2 Å². The van der Waals surface area contributed by atoms with Gasteiger partial charge in [0.05, 0.1) is 31.4 Å². The van der Waals surface area contributed by atoms with Crippen molar-refractivity contribution < 1.29 is 18.7 Å². The Morgan fingerprint density at radius 3 is 2.51 bits per heavy atom. The van der Waals surface area contributed by atoms with E-state index < -0.39 is 0 Å². The van der Waals surface area contributed by atoms with Crippen LogP contribution in [0.4, 0.5) is 4.39 Å². The maximum Gasteiger partial charge on any atom is 0.261 e. The van der Waals surface area contributed by atoms with Gasteiger partial charge in [0, 0.05) is 51.8 Å². The fraction of sp³-hybridized carbons (Fsp3) is 0.423. The van der Waals surface area contributed by atoms with Crippen molar-refractivity contribution in [2.24, 2.45) is 0 Å². The van der Waals surface area contributed by atoms with Gasteiger partial charge in [-0.05, 0) is 36.6 Å². The number of carbonyl (C=O) groups excluding carboxylic acids is 1. The second kappa shape index (κ2) is 11.3. The van der Waals surface area contributed by atoms with E-state index in [1.54, 1.807) is 24.3 Å². The van der Waals surface area contributed by atoms with Gasteiger partial charge in [-0.15, -0.1) is 0 Å². The number of amides is 1. The van der Waals surface area contributed by atoms with Crippen LogP contribution in [0, 0.1) is 5.82 Å². The molecule has 186 valence electrons. The Hall–Kier alpha value is -3.46. The van der Waals surface area contributed by atoms with Crippen molar-refractivity contribution in [1.29, 1.82) is 0 Å². The summed E-state index contributed by atoms with van der Waals surface area (Å²) in [6, 6.07) is 9.89. The molecule has 4 rings (SSSR count). The number of aromatic nitrogens is 2. The number of hydrogen-bond acceptors (Lipinski definition) is 6. The van der Waals surface area contributed by atoms with Crippen molar-refractivity contribution in [3.63, 3.8) is 0 Å². The van der Waals surface area contributed by atoms with Gasteiger partial charge in [-0.3, -0.25) is 19.1 Å². The molecular formula is C26H31FN4O4. The molecule has 9 heteroatoms. The number of fused-ring (bicyclic) bond motifs is 1. The van der Waals surface area contributed by atoms with Gasteiger partial charge in [-0.1, -0.05) is 12.1 Å². The average molecular weight is 483 g/mol. The summed E-state index contributed by atoms with van der Waals surface area (Å²) < 4.78 is 25.3. The Balaban J connectivity index is 1.31. The summed E-state index contributed by atoms with van der Waals surface area (Å²) in [5.41, 5.74) is 1.43. The van der Waals surface area contributed by atoms with Crippen LogP contribution in [-0.4, -0.2) is 65.7 Å². The van der Waals surface area contributed by atoms with E-state index in [1.165, 1.54) is 37.2 Å². The molecule has 0 unspecified atom stereocenters. The summed E-state index contributed by atoms with van der Waals surface area (Å²) in [4.78, 5) is 34.3. The Morgan fingerprint density at radius 2 is 1.77 bits per heavy atom. The highest BCUT2D eigenvalue weighted by Gasteiger charge is 2.19. The monoisotopic (exact) mass is 482 g/mol. The molecule has 0 aliphatic carbocycles. The van der Waals surface area contributed by atoms with Gasteiger partial charge in [-0.2, -0.15) is 0 Å². The topological polar surface area (TPSA) is 76.9 Å². The lowest BCUT2D eigenvalue weighted by molar-refractivity contribution is -0.131. The largest absolute Gasteiger partial charge is 0.493 e. The molecule has 1 fully saturated rings. The molecule has 0 atom stereocenters. The van der Waals surface area contributed by atoms with E-state index in [1.807, 2.05) is 4.90 Å². The van der Waals surface area contributed by atoms with Crippen LogP contribution in [0.1, 0.15) is 24.8 Å². The predicted octanol–water partition coefficient (Wildman–Crippen LogP) is 3.07. The number of benzene rings is 2. The van der Waals surface area contributed by atoms with Crippen molar-refractivity contribution in [3.8, 4) is 11.5 Å². The highest BCUT2D eigenvalue weighted by Crippen LogP contribution is 2.29. The Kier molecular flexibility index (Phi) is 7.97. The third-order valence-electron chi connectivity index (χ3n) is 6.38. The number of halogens is 1. The van der Waals surface area contributed by atoms with Crippen molar-refractivity contribution in [2.45, 2.75) is 32.4 Å². The van der Waals surface area contributed by atoms with Crippen LogP contribution in [0.5, 0.6) is 11.5 Å². The zero-order valence-electron chi connectivity index (χ0n) is 20.2. The van der Waals surface area contributed by atoms with E-state index in [-0.39, 0.29) is 17.3 Å². The molecule has 0 N–H and O–H groups in total. The minimum Gasteiger partial charge on any atom is -0.493 e. The fourth-order valence-corrected chi connectivity index (χ4v) is 4.43. The standard InChI is InChI=1S/C26H31FN4O4/c1-34-23-15-21-22(16-24(23)35-2)28-18-31(26(21)33)11-3-5-25(32)30-12-4-10-29(13-14-30)17-19-6-8-20(27)9-7-19/h6-9,15-16,18H,3-5,10-14,17H2,1-2H3. The summed E-state index contributed by atoms with van der Waals surface area (Å²) in [6.07, 6.45) is 3.33. The lowest BCUT2D eigenvalue weighted by atomic mass is 10.2. The summed E-state index contributed by atoms with van der Waals surface area (Å²) in [5, 5.41) is 0.449. The smallest absolute Gasteiger partial charge is 0.261 e. The van der Waals surface area contributed by atoms with E-state index in [2.05, 4.69) is 9.88 Å². The highest BCUT2D eigenvalue weighted by molar-refractivity contribution is 5.81. The van der Waals surface area contributed by atoms with Gasteiger partial charge in [-0.25, -0.2) is 9.37 Å². The van der Waals surface area contributed by atoms with Crippen LogP contribution in [-0.2, 0) is 17.9 Å². The molecule has 35 heavy (non-hydrogen) atoms. The summed E-state index contributed by atoms with van der Waals surface area (Å²) in [6.45, 7) is 4.22. The molecule has 1 aliphatic rings. The Labute approximate surface area is 203 Å². The van der Waals surface area contributed by atoms with Crippen molar-refractivity contribution in [2.75, 3.05) is 40.4 Å². The van der Waals surface area contributed by atoms with Crippen LogP contribution >= 0.6 is 0 Å². The number of hydrogen-bond donors (Lipinski definition) is 0. The zero-order valence-corrected chi connectivity index (χ0v) is 20.2. The quantitative estimate of drug-likeness (QED) is 0.491. The van der Waals surface area contributed by atoms with E-state index in [4.69, 9.17) is 9.47 Å². The third kappa shape index (κ3) is 5.97. The van der Waals surface area contributed by atoms with Crippen molar-refractivity contribution in [3.05, 3.63) is 64.5 Å². The molecule has 2 aromatic carbocycles. The summed E-state index contributed by atoms with van der Waals surface area (Å²) >= 11 is 0. The summed E-state index contributed by atoms with van der Waals surface area (Å²) in [5.74, 6) is 0.857. The number of methoxy groups -OCH3 is 2. The van der Waals surface area contributed by atoms with Gasteiger partial charge >= 0.3 is 0 Å². The normalized spacial score (nSPS) is 14.7. The molecule has 0 radical (unpaired) electrons. The minimum atomic E-state index is -0.233. The number of ether oxygens (including phenoxy) is 2. The third-order valence-corrected chi connectivity index (χ3v) is 6.38. The Bertz CT molecular complexity index is 1230. The molecule has 1 amide bonds. The minimum absolute atomic E-state index is 0.0989. The van der Waals surface area contributed by atoms with E-state index >= 15 is 0 Å². The van der Waals surface area contributed by atoms with Gasteiger partial charge in [0.15, 0.2) is 11.5 Å².